The lowest BCUT2D eigenvalue weighted by Crippen LogP contribution is -2.47. The van der Waals surface area contributed by atoms with Crippen LogP contribution >= 0.6 is 0 Å². The molecular formula is C74H84F7N11O12. The van der Waals surface area contributed by atoms with E-state index >= 15 is 0 Å². The topological polar surface area (TPSA) is 261 Å². The minimum atomic E-state index is -4.79. The van der Waals surface area contributed by atoms with Crippen molar-refractivity contribution in [2.45, 2.75) is 211 Å². The first-order valence-electron chi connectivity index (χ1n) is 33.9. The lowest BCUT2D eigenvalue weighted by molar-refractivity contribution is -0.172. The molecule has 4 amide bonds. The van der Waals surface area contributed by atoms with Crippen LogP contribution in [0.25, 0.3) is 54.5 Å². The molecule has 9 unspecified atom stereocenters. The molecule has 0 saturated carbocycles. The van der Waals surface area contributed by atoms with Crippen LogP contribution in [0.2, 0.25) is 0 Å². The number of nitrogens with two attached hydrogens (primary N) is 1. The van der Waals surface area contributed by atoms with E-state index in [0.717, 1.165) is 44.6 Å². The number of carboxylic acid groups (broad SMARTS) is 1. The summed E-state index contributed by atoms with van der Waals surface area (Å²) in [5.74, 6) is -6.00. The number of amides is 4. The number of aliphatic carboxylic acids is 1. The molecule has 4 N–H and O–H groups in total. The number of methoxy groups -OCH3 is 2. The number of halogens is 7. The summed E-state index contributed by atoms with van der Waals surface area (Å²) < 4.78 is 123. The molecule has 6 aromatic rings. The van der Waals surface area contributed by atoms with Crippen LogP contribution in [0.4, 0.5) is 56.5 Å². The van der Waals surface area contributed by atoms with Crippen molar-refractivity contribution in [3.63, 3.8) is 0 Å². The zero-order valence-electron chi connectivity index (χ0n) is 59.5. The summed E-state index contributed by atoms with van der Waals surface area (Å²) in [6.07, 6.45) is 3.86. The molecule has 30 heteroatoms. The molecule has 6 aliphatic heterocycles. The maximum Gasteiger partial charge on any atom is 0.449 e. The SMILES string of the molecule is CC(C)(C)OC(=O)N1C2CCC1C(CC(=O)C(F)(F)F)C2.CC(C)(C)OC(=O)N1C2CCC1C(N)C2.[C-]#[N+]c1ccc(-c2nn(CC(=O)NC3CC4CCC3N4C(=O)OC(C)(C)C)cc2-c2ccc(OC)c(F)c2)cc1F.[C-]#[N+]c1ccc(-c2nn(CC(=O)O)cc2-c2ccc(OC)c(F)c2)cc1F. The Balaban J connectivity index is 0.000000172. The molecule has 556 valence electrons. The van der Waals surface area contributed by atoms with Crippen LogP contribution in [0, 0.1) is 42.3 Å². The highest BCUT2D eigenvalue weighted by molar-refractivity contribution is 5.85. The first kappa shape index (κ1) is 77.9. The predicted molar refractivity (Wildman–Crippen MR) is 367 cm³/mol. The zero-order valence-corrected chi connectivity index (χ0v) is 59.5. The second-order valence-electron chi connectivity index (χ2n) is 29.3. The van der Waals surface area contributed by atoms with E-state index in [-0.39, 0.29) is 95.5 Å². The van der Waals surface area contributed by atoms with Gasteiger partial charge in [-0.25, -0.2) is 41.6 Å². The van der Waals surface area contributed by atoms with Crippen molar-refractivity contribution in [3.05, 3.63) is 131 Å². The Kier molecular flexibility index (Phi) is 23.5. The second kappa shape index (κ2) is 31.4. The van der Waals surface area contributed by atoms with E-state index in [0.29, 0.717) is 64.4 Å². The lowest BCUT2D eigenvalue weighted by atomic mass is 9.85. The van der Waals surface area contributed by atoms with Crippen molar-refractivity contribution < 1.29 is 88.3 Å². The molecule has 8 heterocycles. The van der Waals surface area contributed by atoms with E-state index in [1.54, 1.807) is 55.0 Å². The van der Waals surface area contributed by atoms with Crippen molar-refractivity contribution in [2.75, 3.05) is 14.2 Å². The molecule has 6 fully saturated rings. The molecule has 4 aromatic carbocycles. The van der Waals surface area contributed by atoms with Gasteiger partial charge in [-0.05, 0) is 174 Å². The third kappa shape index (κ3) is 18.6. The number of alkyl halides is 3. The first-order chi connectivity index (χ1) is 48.8. The van der Waals surface area contributed by atoms with Gasteiger partial charge in [-0.2, -0.15) is 23.4 Å². The first-order valence-corrected chi connectivity index (χ1v) is 33.9. The number of carboxylic acids is 1. The van der Waals surface area contributed by atoms with Gasteiger partial charge in [0.25, 0.3) is 0 Å². The second-order valence-corrected chi connectivity index (χ2v) is 29.3. The number of rotatable bonds is 13. The van der Waals surface area contributed by atoms with Gasteiger partial charge in [-0.3, -0.25) is 23.7 Å². The van der Waals surface area contributed by atoms with Gasteiger partial charge in [0, 0.05) is 71.3 Å². The van der Waals surface area contributed by atoms with E-state index < -0.39 is 83.0 Å². The summed E-state index contributed by atoms with van der Waals surface area (Å²) in [5.41, 5.74) is 7.13. The minimum absolute atomic E-state index is 0.0151. The number of hydrogen-bond donors (Lipinski definition) is 3. The predicted octanol–water partition coefficient (Wildman–Crippen LogP) is 14.6. The Morgan fingerprint density at radius 3 is 1.33 bits per heavy atom. The Morgan fingerprint density at radius 2 is 0.942 bits per heavy atom. The van der Waals surface area contributed by atoms with Gasteiger partial charge in [0.05, 0.1) is 45.5 Å². The number of ether oxygens (including phenoxy) is 5. The summed E-state index contributed by atoms with van der Waals surface area (Å²) in [4.78, 5) is 83.5. The smallest absolute Gasteiger partial charge is 0.449 e. The van der Waals surface area contributed by atoms with Crippen LogP contribution in [0.15, 0.2) is 85.2 Å². The maximum atomic E-state index is 14.6. The van der Waals surface area contributed by atoms with E-state index in [9.17, 15) is 59.5 Å². The van der Waals surface area contributed by atoms with Gasteiger partial charge < -0.3 is 54.5 Å². The van der Waals surface area contributed by atoms with Crippen molar-refractivity contribution >= 4 is 47.3 Å². The van der Waals surface area contributed by atoms with Gasteiger partial charge in [0.1, 0.15) is 52.9 Å². The largest absolute Gasteiger partial charge is 0.494 e. The normalized spacial score (nSPS) is 21.3. The summed E-state index contributed by atoms with van der Waals surface area (Å²) in [6, 6.07) is 16.7. The fourth-order valence-electron chi connectivity index (χ4n) is 14.2. The summed E-state index contributed by atoms with van der Waals surface area (Å²) in [5, 5.41) is 20.8. The molecule has 0 radical (unpaired) electrons. The van der Waals surface area contributed by atoms with Crippen LogP contribution in [-0.4, -0.2) is 161 Å². The highest BCUT2D eigenvalue weighted by atomic mass is 19.4. The molecule has 0 spiro atoms. The number of Topliss-reactive ketones (excluding diaryl/α,β-unsaturated/α-hetero) is 1. The molecule has 23 nitrogen and oxygen atoms in total. The van der Waals surface area contributed by atoms with Crippen molar-refractivity contribution in [1.29, 1.82) is 0 Å². The highest BCUT2D eigenvalue weighted by Gasteiger charge is 2.54. The van der Waals surface area contributed by atoms with Crippen molar-refractivity contribution in [3.8, 4) is 56.3 Å². The summed E-state index contributed by atoms with van der Waals surface area (Å²) in [6.45, 7) is 29.9. The number of carbonyl (C=O) groups excluding carboxylic acids is 5. The summed E-state index contributed by atoms with van der Waals surface area (Å²) in [7, 11) is 2.71. The Morgan fingerprint density at radius 1 is 0.548 bits per heavy atom. The van der Waals surface area contributed by atoms with Crippen LogP contribution < -0.4 is 20.5 Å². The molecule has 12 rings (SSSR count). The van der Waals surface area contributed by atoms with Gasteiger partial charge >= 0.3 is 30.4 Å². The zero-order chi connectivity index (χ0) is 76.2. The van der Waals surface area contributed by atoms with E-state index in [4.69, 9.17) is 47.7 Å². The number of aromatic nitrogens is 4. The summed E-state index contributed by atoms with van der Waals surface area (Å²) >= 11 is 0. The third-order valence-corrected chi connectivity index (χ3v) is 18.4. The number of benzene rings is 4. The molecule has 0 aliphatic carbocycles. The third-order valence-electron chi connectivity index (χ3n) is 18.4. The lowest BCUT2D eigenvalue weighted by Gasteiger charge is -2.28. The molecule has 6 bridgehead atoms. The molecule has 9 atom stereocenters. The number of nitrogens with zero attached hydrogens (tertiary/aromatic N) is 9. The molecule has 6 saturated heterocycles. The van der Waals surface area contributed by atoms with Gasteiger partial charge in [-0.15, -0.1) is 0 Å². The number of fused-ring (bicyclic) bond motifs is 6. The fourth-order valence-corrected chi connectivity index (χ4v) is 14.2. The monoisotopic (exact) mass is 1450 g/mol. The molecule has 104 heavy (non-hydrogen) atoms. The number of carbonyl (C=O) groups is 6. The molecule has 2 aromatic heterocycles. The molecule has 6 aliphatic rings. The number of hydrogen-bond acceptors (Lipinski definition) is 14. The quantitative estimate of drug-likeness (QED) is 0.0551. The maximum absolute atomic E-state index is 14.6. The van der Waals surface area contributed by atoms with Crippen LogP contribution in [-0.2, 0) is 41.7 Å². The minimum Gasteiger partial charge on any atom is -0.494 e. The Labute approximate surface area is 597 Å². The Hall–Kier alpha value is -10.2. The van der Waals surface area contributed by atoms with Crippen molar-refractivity contribution in [1.82, 2.24) is 39.6 Å². The van der Waals surface area contributed by atoms with Gasteiger partial charge in [0.15, 0.2) is 23.1 Å². The standard InChI is InChI=1S/C30H31F2N5O4.C19H13F2N3O3.C14H20F3NO3.C11H20N2O2/c1-30(2,3)41-29(39)37-19-8-10-25(37)24(14-19)34-27(38)16-36-15-20(17-7-11-26(40-5)22(32)12-17)28(35-36)18-6-9-23(33-4)21(31)13-18;1-22-16-5-3-12(8-14(16)20)19-13(9-24(23-19)10-18(25)26)11-4-6-17(27-2)15(21)7-11;1-13(2,3)21-12(20)18-9-4-5-10(18)8(6-9)7-11(19)14(15,16)17;1-11(2,3)15-10(14)13-7-4-5-9(13)8(12)6-7/h6-7,9,11-13,15,19,24-25H,8,10,14,16H2,1-3,5H3,(H,34,38);3-9H,10H2,2H3,(H,25,26);8-10H,4-7H2,1-3H3;7-9H,4-6,12H2,1-3H3. The van der Waals surface area contributed by atoms with Gasteiger partial charge in [-0.1, -0.05) is 36.4 Å². The molecular weight excluding hydrogens is 1370 g/mol. The average molecular weight is 1450 g/mol. The highest BCUT2D eigenvalue weighted by Crippen LogP contribution is 2.46. The van der Waals surface area contributed by atoms with Crippen molar-refractivity contribution in [2.24, 2.45) is 11.7 Å². The number of nitrogens with one attached hydrogen (secondary N) is 1. The fraction of sp³-hybridized carbons (Fsp3) is 0.486. The average Bonchev–Trinajstić information content (AvgIpc) is 1.63. The Bertz CT molecular complexity index is 4300. The van der Waals surface area contributed by atoms with Crippen LogP contribution in [0.5, 0.6) is 11.5 Å². The van der Waals surface area contributed by atoms with E-state index in [1.165, 1.54) is 78.3 Å². The van der Waals surface area contributed by atoms with Gasteiger partial charge in [0.2, 0.25) is 23.1 Å². The number of ketones is 1. The van der Waals surface area contributed by atoms with Crippen LogP contribution in [0.3, 0.4) is 0 Å². The van der Waals surface area contributed by atoms with Crippen LogP contribution in [0.1, 0.15) is 127 Å². The van der Waals surface area contributed by atoms with E-state index in [1.807, 2.05) is 46.4 Å². The van der Waals surface area contributed by atoms with E-state index in [2.05, 4.69) is 25.2 Å².